The van der Waals surface area contributed by atoms with Crippen LogP contribution in [0, 0.1) is 5.92 Å². The number of carboxylic acid groups (broad SMARTS) is 1. The summed E-state index contributed by atoms with van der Waals surface area (Å²) in [6.07, 6.45) is 2.84. The number of alkyl halides is 1. The van der Waals surface area contributed by atoms with E-state index in [4.69, 9.17) is 14.6 Å². The van der Waals surface area contributed by atoms with Crippen LogP contribution in [0.4, 0.5) is 4.39 Å². The number of hydrogen-bond donors (Lipinski definition) is 3. The monoisotopic (exact) mass is 734 g/mol. The molecular weight excluding hydrogens is 704 g/mol. The Kier molecular flexibility index (Phi) is 11.9. The number of halogens is 1. The maximum absolute atomic E-state index is 13.0. The lowest BCUT2D eigenvalue weighted by molar-refractivity contribution is -0.143. The molecule has 5 aromatic rings. The van der Waals surface area contributed by atoms with Crippen LogP contribution in [0.2, 0.25) is 0 Å². The number of thioether (sulfide) groups is 1. The molecule has 0 saturated heterocycles. The number of ether oxygens (including phenoxy) is 2. The molecule has 2 atom stereocenters. The number of fused-ring (bicyclic) bond motifs is 1. The number of nitrogens with two attached hydrogens (primary N) is 1. The Hall–Kier alpha value is -4.50. The fourth-order valence-electron chi connectivity index (χ4n) is 4.44. The number of aliphatic carboxylic acids is 1. The van der Waals surface area contributed by atoms with Crippen LogP contribution in [0.5, 0.6) is 11.5 Å². The number of hydrogen-bond acceptors (Lipinski definition) is 14. The first-order chi connectivity index (χ1) is 23.5. The zero-order valence-corrected chi connectivity index (χ0v) is 28.1. The van der Waals surface area contributed by atoms with E-state index in [9.17, 15) is 32.6 Å². The van der Waals surface area contributed by atoms with Crippen molar-refractivity contribution < 1.29 is 42.1 Å². The predicted molar refractivity (Wildman–Crippen MR) is 175 cm³/mol. The van der Waals surface area contributed by atoms with E-state index in [0.717, 1.165) is 16.9 Å². The topological polar surface area (TPSA) is 228 Å². The van der Waals surface area contributed by atoms with Crippen LogP contribution in [-0.4, -0.2) is 84.4 Å². The van der Waals surface area contributed by atoms with Crippen LogP contribution in [0.25, 0.3) is 10.2 Å². The third-order valence-electron chi connectivity index (χ3n) is 6.91. The number of carboxylic acids is 1. The van der Waals surface area contributed by atoms with Gasteiger partial charge in [-0.2, -0.15) is 11.8 Å². The lowest BCUT2D eigenvalue weighted by Gasteiger charge is -2.12. The zero-order valence-electron chi connectivity index (χ0n) is 25.7. The molecule has 0 aliphatic rings. The molecule has 0 radical (unpaired) electrons. The number of aliphatic hydroxyl groups excluding tert-OH is 1. The highest BCUT2D eigenvalue weighted by atomic mass is 32.2. The smallest absolute Gasteiger partial charge is 0.307 e. The van der Waals surface area contributed by atoms with Crippen LogP contribution in [0.15, 0.2) is 59.2 Å². The number of ketones is 1. The number of thiazole rings is 1. The molecule has 2 aromatic carbocycles. The van der Waals surface area contributed by atoms with Gasteiger partial charge in [0.1, 0.15) is 55.4 Å². The summed E-state index contributed by atoms with van der Waals surface area (Å²) in [4.78, 5) is 28.7. The summed E-state index contributed by atoms with van der Waals surface area (Å²) in [6.45, 7) is -1.24. The second-order valence-corrected chi connectivity index (χ2v) is 14.6. The Morgan fingerprint density at radius 3 is 2.49 bits per heavy atom. The highest BCUT2D eigenvalue weighted by molar-refractivity contribution is 7.98. The number of carbonyl (C=O) groups excluding carboxylic acids is 1. The van der Waals surface area contributed by atoms with E-state index < -0.39 is 41.2 Å². The van der Waals surface area contributed by atoms with Crippen molar-refractivity contribution >= 4 is 55.1 Å². The number of primary sulfonamides is 1. The Labute approximate surface area is 287 Å². The van der Waals surface area contributed by atoms with Gasteiger partial charge in [-0.05, 0) is 29.8 Å². The molecule has 2 unspecified atom stereocenters. The van der Waals surface area contributed by atoms with E-state index in [-0.39, 0.29) is 42.1 Å². The van der Waals surface area contributed by atoms with Gasteiger partial charge >= 0.3 is 5.97 Å². The van der Waals surface area contributed by atoms with Gasteiger partial charge in [-0.25, -0.2) is 32.3 Å². The average molecular weight is 735 g/mol. The minimum Gasteiger partial charge on any atom is -0.487 e. The highest BCUT2D eigenvalue weighted by Crippen LogP contribution is 2.28. The van der Waals surface area contributed by atoms with Gasteiger partial charge < -0.3 is 19.7 Å². The van der Waals surface area contributed by atoms with Crippen molar-refractivity contribution in [3.05, 3.63) is 71.8 Å². The van der Waals surface area contributed by atoms with Gasteiger partial charge in [-0.1, -0.05) is 22.6 Å². The third kappa shape index (κ3) is 10.0. The molecule has 0 spiro atoms. The molecular formula is C29H31FN8O8S3. The van der Waals surface area contributed by atoms with E-state index in [1.54, 1.807) is 30.3 Å². The van der Waals surface area contributed by atoms with Gasteiger partial charge in [0.15, 0.2) is 5.78 Å². The van der Waals surface area contributed by atoms with Crippen LogP contribution in [-0.2, 0) is 45.1 Å². The standard InChI is InChI=1S/C29H31FN8O8S3/c30-9-22(13-39)38-11-21(34-36-38)15-45-24-3-1-2-18(6-24)16-47-17-19(28(41)42)7-23(40)12-37-10-20(33-35-37)14-46-25-4-5-27-26(8-25)32-29(48-27)49(31,43)44/h1-6,8,10-11,19,22,39H,7,9,12-17H2,(H,41,42)(H2,31,43,44). The molecule has 3 heterocycles. The lowest BCUT2D eigenvalue weighted by atomic mass is 10.1. The maximum atomic E-state index is 13.0. The van der Waals surface area contributed by atoms with Crippen LogP contribution >= 0.6 is 23.1 Å². The van der Waals surface area contributed by atoms with Gasteiger partial charge in [0, 0.05) is 24.0 Å². The molecule has 4 N–H and O–H groups in total. The Bertz CT molecular complexity index is 2010. The van der Waals surface area contributed by atoms with Crippen molar-refractivity contribution in [3.8, 4) is 11.5 Å². The molecule has 0 aliphatic heterocycles. The summed E-state index contributed by atoms with van der Waals surface area (Å²) in [5, 5.41) is 39.8. The first-order valence-electron chi connectivity index (χ1n) is 14.6. The molecule has 0 fully saturated rings. The molecule has 16 nitrogen and oxygen atoms in total. The van der Waals surface area contributed by atoms with E-state index in [2.05, 4.69) is 25.6 Å². The van der Waals surface area contributed by atoms with Gasteiger partial charge in [-0.15, -0.1) is 21.5 Å². The minimum atomic E-state index is -3.92. The fourth-order valence-corrected chi connectivity index (χ4v) is 7.15. The van der Waals surface area contributed by atoms with Crippen molar-refractivity contribution in [2.45, 2.75) is 42.3 Å². The second kappa shape index (κ2) is 16.3. The zero-order chi connectivity index (χ0) is 35.0. The number of aromatic nitrogens is 7. The molecule has 5 rings (SSSR count). The highest BCUT2D eigenvalue weighted by Gasteiger charge is 2.22. The Morgan fingerprint density at radius 1 is 1.04 bits per heavy atom. The van der Waals surface area contributed by atoms with Crippen LogP contribution < -0.4 is 14.6 Å². The molecule has 49 heavy (non-hydrogen) atoms. The van der Waals surface area contributed by atoms with Crippen molar-refractivity contribution in [1.29, 1.82) is 0 Å². The maximum Gasteiger partial charge on any atom is 0.307 e. The molecule has 0 aliphatic carbocycles. The number of benzene rings is 2. The summed E-state index contributed by atoms with van der Waals surface area (Å²) in [7, 11) is -3.92. The van der Waals surface area contributed by atoms with E-state index in [0.29, 0.717) is 38.9 Å². The summed E-state index contributed by atoms with van der Waals surface area (Å²) in [6, 6.07) is 11.3. The number of carbonyl (C=O) groups is 2. The SMILES string of the molecule is NS(=O)(=O)c1nc2cc(OCc3cn(CC(=O)CC(CSCc4cccc(OCc5cn(C(CO)CF)nn5)c4)C(=O)O)nn3)ccc2s1. The fraction of sp³-hybridized carbons (Fsp3) is 0.345. The number of nitrogens with zero attached hydrogens (tertiary/aromatic N) is 7. The number of aliphatic hydroxyl groups is 1. The first-order valence-corrected chi connectivity index (χ1v) is 18.1. The van der Waals surface area contributed by atoms with Crippen LogP contribution in [0.3, 0.4) is 0 Å². The van der Waals surface area contributed by atoms with Crippen molar-refractivity contribution in [1.82, 2.24) is 35.0 Å². The largest absolute Gasteiger partial charge is 0.487 e. The average Bonchev–Trinajstić information content (AvgIpc) is 3.83. The van der Waals surface area contributed by atoms with E-state index in [1.165, 1.54) is 33.5 Å². The number of rotatable bonds is 19. The van der Waals surface area contributed by atoms with Gasteiger partial charge in [0.05, 0.1) is 35.1 Å². The predicted octanol–water partition coefficient (Wildman–Crippen LogP) is 2.38. The molecule has 3 aromatic heterocycles. The molecule has 0 saturated carbocycles. The number of sulfonamides is 1. The minimum absolute atomic E-state index is 0.0135. The van der Waals surface area contributed by atoms with Crippen molar-refractivity contribution in [2.24, 2.45) is 11.1 Å². The summed E-state index contributed by atoms with van der Waals surface area (Å²) >= 11 is 2.32. The molecule has 260 valence electrons. The summed E-state index contributed by atoms with van der Waals surface area (Å²) in [5.74, 6) is -0.660. The van der Waals surface area contributed by atoms with Crippen molar-refractivity contribution in [3.63, 3.8) is 0 Å². The summed E-state index contributed by atoms with van der Waals surface area (Å²) < 4.78 is 50.6. The van der Waals surface area contributed by atoms with E-state index in [1.807, 2.05) is 12.1 Å². The number of Topliss-reactive ketones (excluding diaryl/α,β-unsaturated/α-hetero) is 1. The second-order valence-electron chi connectivity index (χ2n) is 10.8. The summed E-state index contributed by atoms with van der Waals surface area (Å²) in [5.41, 5.74) is 2.19. The van der Waals surface area contributed by atoms with Gasteiger partial charge in [-0.3, -0.25) is 9.59 Å². The lowest BCUT2D eigenvalue weighted by Crippen LogP contribution is -2.23. The molecule has 0 amide bonds. The first kappa shape index (κ1) is 35.8. The van der Waals surface area contributed by atoms with Crippen LogP contribution in [0.1, 0.15) is 29.4 Å². The third-order valence-corrected chi connectivity index (χ3v) is 10.4. The molecule has 20 heteroatoms. The Balaban J connectivity index is 1.06. The quantitative estimate of drug-likeness (QED) is 0.111. The molecule has 0 bridgehead atoms. The van der Waals surface area contributed by atoms with E-state index >= 15 is 0 Å². The van der Waals surface area contributed by atoms with Gasteiger partial charge in [0.25, 0.3) is 10.0 Å². The van der Waals surface area contributed by atoms with Crippen molar-refractivity contribution in [2.75, 3.05) is 19.0 Å². The Morgan fingerprint density at radius 2 is 1.78 bits per heavy atom. The normalized spacial score (nSPS) is 13.0. The van der Waals surface area contributed by atoms with Gasteiger partial charge in [0.2, 0.25) is 4.34 Å².